The lowest BCUT2D eigenvalue weighted by atomic mass is 10.7. The second-order valence-electron chi connectivity index (χ2n) is 2.01. The van der Waals surface area contributed by atoms with Crippen molar-refractivity contribution in [3.63, 3.8) is 0 Å². The molecule has 0 fully saturated rings. The molecule has 0 rings (SSSR count). The van der Waals surface area contributed by atoms with Crippen LogP contribution in [0.3, 0.4) is 0 Å². The molecule has 56 valence electrons. The predicted octanol–water partition coefficient (Wildman–Crippen LogP) is -0.308. The summed E-state index contributed by atoms with van der Waals surface area (Å²) in [5.74, 6) is 0. The fourth-order valence-electron chi connectivity index (χ4n) is 0.372. The van der Waals surface area contributed by atoms with Crippen LogP contribution in [0, 0.1) is 0 Å². The number of nitrogens with zero attached hydrogens (tertiary/aromatic N) is 1. The molecule has 0 aliphatic carbocycles. The van der Waals surface area contributed by atoms with Gasteiger partial charge in [0.15, 0.2) is 0 Å². The normalized spacial score (nSPS) is 17.9. The quantitative estimate of drug-likeness (QED) is 0.544. The van der Waals surface area contributed by atoms with Crippen molar-refractivity contribution in [2.45, 2.75) is 0 Å². The number of nitrogens with two attached hydrogens (primary N) is 1. The minimum absolute atomic E-state index is 0.412. The fraction of sp³-hybridized carbons (Fsp3) is 1.00. The third kappa shape index (κ3) is 3.65. The minimum atomic E-state index is -3.02. The highest BCUT2D eigenvalue weighted by Gasteiger charge is 2.15. The molecule has 5 heteroatoms. The standard InChI is InChI=1S/C4H13N2O2P/c1-6(4-3-5)9(2,7)8/h3-5H2,1-2H3,(H,7,8). The molecule has 1 unspecified atom stereocenters. The van der Waals surface area contributed by atoms with Gasteiger partial charge in [0.25, 0.3) is 7.52 Å². The van der Waals surface area contributed by atoms with Crippen molar-refractivity contribution in [2.24, 2.45) is 5.73 Å². The Balaban J connectivity index is 3.74. The molecule has 0 amide bonds. The minimum Gasteiger partial charge on any atom is -0.333 e. The first-order valence-corrected chi connectivity index (χ1v) is 4.76. The molecule has 3 N–H and O–H groups in total. The Bertz CT molecular complexity index is 122. The summed E-state index contributed by atoms with van der Waals surface area (Å²) in [5.41, 5.74) is 5.15. The Hall–Kier alpha value is 0.110. The molecule has 0 aliphatic rings. The van der Waals surface area contributed by atoms with E-state index in [2.05, 4.69) is 0 Å². The van der Waals surface area contributed by atoms with Crippen molar-refractivity contribution in [2.75, 3.05) is 26.8 Å². The summed E-state index contributed by atoms with van der Waals surface area (Å²) in [6.07, 6.45) is 0. The van der Waals surface area contributed by atoms with E-state index in [1.54, 1.807) is 7.05 Å². The van der Waals surface area contributed by atoms with E-state index >= 15 is 0 Å². The molecule has 0 saturated carbocycles. The number of rotatable bonds is 3. The van der Waals surface area contributed by atoms with E-state index in [4.69, 9.17) is 10.6 Å². The van der Waals surface area contributed by atoms with Crippen molar-refractivity contribution >= 4 is 7.52 Å². The molecule has 0 spiro atoms. The van der Waals surface area contributed by atoms with E-state index in [-0.39, 0.29) is 0 Å². The Labute approximate surface area is 55.2 Å². The maximum Gasteiger partial charge on any atom is 0.266 e. The van der Waals surface area contributed by atoms with Crippen LogP contribution in [0.4, 0.5) is 0 Å². The zero-order valence-electron chi connectivity index (χ0n) is 5.74. The van der Waals surface area contributed by atoms with Gasteiger partial charge in [0.05, 0.1) is 0 Å². The molecule has 1 atom stereocenters. The first-order chi connectivity index (χ1) is 3.98. The van der Waals surface area contributed by atoms with Crippen LogP contribution in [0.5, 0.6) is 0 Å². The predicted molar refractivity (Wildman–Crippen MR) is 37.4 cm³/mol. The van der Waals surface area contributed by atoms with Gasteiger partial charge in [-0.2, -0.15) is 0 Å². The summed E-state index contributed by atoms with van der Waals surface area (Å²) in [5, 5.41) is 0. The van der Waals surface area contributed by atoms with Crippen LogP contribution >= 0.6 is 7.52 Å². The van der Waals surface area contributed by atoms with Crippen LogP contribution in [-0.4, -0.2) is 36.4 Å². The van der Waals surface area contributed by atoms with Crippen molar-refractivity contribution in [1.29, 1.82) is 0 Å². The van der Waals surface area contributed by atoms with E-state index in [1.165, 1.54) is 11.3 Å². The van der Waals surface area contributed by atoms with E-state index in [0.29, 0.717) is 13.1 Å². The van der Waals surface area contributed by atoms with Gasteiger partial charge in [-0.05, 0) is 7.05 Å². The molecule has 0 radical (unpaired) electrons. The molecule has 9 heavy (non-hydrogen) atoms. The zero-order chi connectivity index (χ0) is 7.49. The third-order valence-electron chi connectivity index (χ3n) is 1.09. The second-order valence-corrected chi connectivity index (χ2v) is 4.36. The van der Waals surface area contributed by atoms with Gasteiger partial charge in [0.2, 0.25) is 0 Å². The largest absolute Gasteiger partial charge is 0.333 e. The van der Waals surface area contributed by atoms with Crippen molar-refractivity contribution in [3.05, 3.63) is 0 Å². The summed E-state index contributed by atoms with van der Waals surface area (Å²) in [7, 11) is -1.44. The average molecular weight is 152 g/mol. The van der Waals surface area contributed by atoms with Gasteiger partial charge in [-0.1, -0.05) is 0 Å². The molecule has 0 saturated heterocycles. The summed E-state index contributed by atoms with van der Waals surface area (Å²) in [4.78, 5) is 8.84. The molecular formula is C4H13N2O2P. The molecule has 0 aliphatic heterocycles. The Morgan fingerprint density at radius 1 is 1.78 bits per heavy atom. The molecule has 4 nitrogen and oxygen atoms in total. The number of likely N-dealkylation sites (N-methyl/N-ethyl adjacent to an activating group) is 1. The maximum absolute atomic E-state index is 10.7. The lowest BCUT2D eigenvalue weighted by Crippen LogP contribution is -2.22. The van der Waals surface area contributed by atoms with Crippen molar-refractivity contribution < 1.29 is 9.46 Å². The average Bonchev–Trinajstić information content (AvgIpc) is 1.64. The lowest BCUT2D eigenvalue weighted by Gasteiger charge is -2.17. The van der Waals surface area contributed by atoms with Crippen LogP contribution < -0.4 is 5.73 Å². The summed E-state index contributed by atoms with van der Waals surface area (Å²) in [6.45, 7) is 2.17. The van der Waals surface area contributed by atoms with E-state index < -0.39 is 7.52 Å². The molecule has 0 aromatic carbocycles. The topological polar surface area (TPSA) is 66.6 Å². The van der Waals surface area contributed by atoms with Crippen LogP contribution in [0.2, 0.25) is 0 Å². The molecule has 0 aromatic heterocycles. The van der Waals surface area contributed by atoms with Crippen LogP contribution in [0.15, 0.2) is 0 Å². The SMILES string of the molecule is CN(CCN)P(C)(=O)O. The van der Waals surface area contributed by atoms with Gasteiger partial charge in [-0.3, -0.25) is 4.57 Å². The number of hydrogen-bond donors (Lipinski definition) is 2. The number of hydrogen-bond acceptors (Lipinski definition) is 2. The summed E-state index contributed by atoms with van der Waals surface area (Å²) < 4.78 is 12.1. The van der Waals surface area contributed by atoms with Gasteiger partial charge in [-0.25, -0.2) is 4.67 Å². The van der Waals surface area contributed by atoms with Crippen molar-refractivity contribution in [1.82, 2.24) is 4.67 Å². The monoisotopic (exact) mass is 152 g/mol. The van der Waals surface area contributed by atoms with Gasteiger partial charge in [0, 0.05) is 19.8 Å². The van der Waals surface area contributed by atoms with E-state index in [1.807, 2.05) is 0 Å². The van der Waals surface area contributed by atoms with Gasteiger partial charge in [-0.15, -0.1) is 0 Å². The molecule has 0 aromatic rings. The highest BCUT2D eigenvalue weighted by atomic mass is 31.2. The van der Waals surface area contributed by atoms with Gasteiger partial charge < -0.3 is 10.6 Å². The smallest absolute Gasteiger partial charge is 0.266 e. The highest BCUT2D eigenvalue weighted by Crippen LogP contribution is 2.37. The Kier molecular flexibility index (Phi) is 3.36. The lowest BCUT2D eigenvalue weighted by molar-refractivity contribution is 0.392. The third-order valence-corrected chi connectivity index (χ3v) is 2.55. The zero-order valence-corrected chi connectivity index (χ0v) is 6.64. The summed E-state index contributed by atoms with van der Waals surface area (Å²) >= 11 is 0. The molecular weight excluding hydrogens is 139 g/mol. The first kappa shape index (κ1) is 9.11. The Morgan fingerprint density at radius 2 is 2.22 bits per heavy atom. The van der Waals surface area contributed by atoms with Crippen LogP contribution in [0.25, 0.3) is 0 Å². The second kappa shape index (κ2) is 3.32. The molecule has 0 heterocycles. The van der Waals surface area contributed by atoms with Gasteiger partial charge in [0.1, 0.15) is 0 Å². The first-order valence-electron chi connectivity index (χ1n) is 2.70. The van der Waals surface area contributed by atoms with E-state index in [0.717, 1.165) is 0 Å². The van der Waals surface area contributed by atoms with Crippen LogP contribution in [-0.2, 0) is 4.57 Å². The van der Waals surface area contributed by atoms with Crippen molar-refractivity contribution in [3.8, 4) is 0 Å². The van der Waals surface area contributed by atoms with E-state index in [9.17, 15) is 4.57 Å². The summed E-state index contributed by atoms with van der Waals surface area (Å²) in [6, 6.07) is 0. The Morgan fingerprint density at radius 3 is 2.33 bits per heavy atom. The van der Waals surface area contributed by atoms with Gasteiger partial charge >= 0.3 is 0 Å². The maximum atomic E-state index is 10.7. The van der Waals surface area contributed by atoms with Crippen LogP contribution in [0.1, 0.15) is 0 Å². The highest BCUT2D eigenvalue weighted by molar-refractivity contribution is 7.54. The fourth-order valence-corrected chi connectivity index (χ4v) is 0.859. The molecule has 0 bridgehead atoms.